The lowest BCUT2D eigenvalue weighted by Gasteiger charge is -2.29. The van der Waals surface area contributed by atoms with E-state index in [9.17, 15) is 0 Å². The molecule has 0 unspecified atom stereocenters. The van der Waals surface area contributed by atoms with Gasteiger partial charge in [-0.25, -0.2) is 4.98 Å². The number of anilines is 1. The highest BCUT2D eigenvalue weighted by Crippen LogP contribution is 2.21. The van der Waals surface area contributed by atoms with Crippen LogP contribution in [0.5, 0.6) is 0 Å². The number of hydrogen-bond acceptors (Lipinski definition) is 3. The predicted octanol–water partition coefficient (Wildman–Crippen LogP) is 1.47. The van der Waals surface area contributed by atoms with E-state index in [1.165, 1.54) is 0 Å². The molecule has 2 rings (SSSR count). The number of aryl methyl sites for hydroxylation is 2. The van der Waals surface area contributed by atoms with Crippen LogP contribution in [0, 0.1) is 24.2 Å². The van der Waals surface area contributed by atoms with Crippen molar-refractivity contribution in [2.75, 3.05) is 18.0 Å². The molecule has 15 heavy (non-hydrogen) atoms. The van der Waals surface area contributed by atoms with Gasteiger partial charge in [-0.1, -0.05) is 0 Å². The number of aromatic nitrogens is 2. The van der Waals surface area contributed by atoms with Crippen LogP contribution in [0.2, 0.25) is 0 Å². The second-order valence-corrected chi connectivity index (χ2v) is 4.18. The van der Waals surface area contributed by atoms with Crippen LogP contribution in [0.1, 0.15) is 18.5 Å². The van der Waals surface area contributed by atoms with Crippen molar-refractivity contribution in [2.24, 2.45) is 13.0 Å². The highest BCUT2D eigenvalue weighted by molar-refractivity contribution is 5.33. The smallest absolute Gasteiger partial charge is 0.205 e. The Kier molecular flexibility index (Phi) is 2.63. The van der Waals surface area contributed by atoms with Gasteiger partial charge in [-0.3, -0.25) is 0 Å². The van der Waals surface area contributed by atoms with Crippen molar-refractivity contribution >= 4 is 5.95 Å². The summed E-state index contributed by atoms with van der Waals surface area (Å²) >= 11 is 0. The average Bonchev–Trinajstić information content (AvgIpc) is 2.58. The van der Waals surface area contributed by atoms with Gasteiger partial charge < -0.3 is 9.47 Å². The normalized spacial score (nSPS) is 17.8. The Balaban J connectivity index is 2.08. The number of nitrogens with zero attached hydrogens (tertiary/aromatic N) is 4. The van der Waals surface area contributed by atoms with Gasteiger partial charge in [0.25, 0.3) is 0 Å². The van der Waals surface area contributed by atoms with Crippen molar-refractivity contribution in [3.8, 4) is 6.07 Å². The van der Waals surface area contributed by atoms with E-state index in [2.05, 4.69) is 20.5 Å². The summed E-state index contributed by atoms with van der Waals surface area (Å²) in [6.07, 6.45) is 3.95. The largest absolute Gasteiger partial charge is 0.342 e. The molecule has 0 N–H and O–H groups in total. The molecular formula is C11H16N4. The summed E-state index contributed by atoms with van der Waals surface area (Å²) in [5.41, 5.74) is 1.05. The van der Waals surface area contributed by atoms with Crippen molar-refractivity contribution in [1.29, 1.82) is 5.26 Å². The van der Waals surface area contributed by atoms with Crippen molar-refractivity contribution in [2.45, 2.75) is 19.8 Å². The molecular weight excluding hydrogens is 188 g/mol. The number of nitriles is 1. The summed E-state index contributed by atoms with van der Waals surface area (Å²) in [4.78, 5) is 6.76. The number of rotatable bonds is 1. The van der Waals surface area contributed by atoms with Crippen molar-refractivity contribution in [3.05, 3.63) is 11.9 Å². The van der Waals surface area contributed by atoms with E-state index in [0.29, 0.717) is 0 Å². The van der Waals surface area contributed by atoms with Crippen LogP contribution >= 0.6 is 0 Å². The lowest BCUT2D eigenvalue weighted by molar-refractivity contribution is 0.479. The molecule has 1 saturated heterocycles. The maximum Gasteiger partial charge on any atom is 0.205 e. The number of piperidine rings is 1. The highest BCUT2D eigenvalue weighted by atomic mass is 15.3. The van der Waals surface area contributed by atoms with E-state index in [-0.39, 0.29) is 5.92 Å². The van der Waals surface area contributed by atoms with Gasteiger partial charge in [-0.15, -0.1) is 0 Å². The topological polar surface area (TPSA) is 44.9 Å². The Morgan fingerprint density at radius 2 is 2.13 bits per heavy atom. The summed E-state index contributed by atoms with van der Waals surface area (Å²) in [6, 6.07) is 2.34. The minimum atomic E-state index is 0.239. The molecule has 1 fully saturated rings. The molecule has 0 spiro atoms. The van der Waals surface area contributed by atoms with Gasteiger partial charge in [0.05, 0.1) is 11.8 Å². The van der Waals surface area contributed by atoms with Crippen LogP contribution in [0.3, 0.4) is 0 Å². The summed E-state index contributed by atoms with van der Waals surface area (Å²) in [5, 5.41) is 8.82. The minimum absolute atomic E-state index is 0.239. The predicted molar refractivity (Wildman–Crippen MR) is 58.5 cm³/mol. The quantitative estimate of drug-likeness (QED) is 0.695. The number of hydrogen-bond donors (Lipinski definition) is 0. The van der Waals surface area contributed by atoms with E-state index in [0.717, 1.165) is 37.6 Å². The van der Waals surface area contributed by atoms with Crippen molar-refractivity contribution in [3.63, 3.8) is 0 Å². The van der Waals surface area contributed by atoms with Crippen molar-refractivity contribution in [1.82, 2.24) is 9.55 Å². The summed E-state index contributed by atoms with van der Waals surface area (Å²) in [6.45, 7) is 3.90. The van der Waals surface area contributed by atoms with E-state index >= 15 is 0 Å². The van der Waals surface area contributed by atoms with Crippen LogP contribution in [-0.2, 0) is 7.05 Å². The van der Waals surface area contributed by atoms with Gasteiger partial charge in [-0.2, -0.15) is 5.26 Å². The first-order chi connectivity index (χ1) is 7.20. The molecule has 0 amide bonds. The lowest BCUT2D eigenvalue weighted by atomic mass is 9.99. The van der Waals surface area contributed by atoms with Crippen LogP contribution in [0.4, 0.5) is 5.95 Å². The maximum atomic E-state index is 8.82. The van der Waals surface area contributed by atoms with E-state index < -0.39 is 0 Å². The summed E-state index contributed by atoms with van der Waals surface area (Å²) < 4.78 is 2.06. The first-order valence-electron chi connectivity index (χ1n) is 5.35. The molecule has 0 atom stereocenters. The van der Waals surface area contributed by atoms with Gasteiger partial charge in [0, 0.05) is 32.3 Å². The Hall–Kier alpha value is -1.50. The standard InChI is InChI=1S/C11H16N4/c1-9-8-14(2)11(13-9)15-5-3-10(7-12)4-6-15/h8,10H,3-6H2,1-2H3. The third-order valence-corrected chi connectivity index (χ3v) is 2.93. The molecule has 4 nitrogen and oxygen atoms in total. The second kappa shape index (κ2) is 3.93. The third kappa shape index (κ3) is 1.96. The maximum absolute atomic E-state index is 8.82. The van der Waals surface area contributed by atoms with Gasteiger partial charge in [0.15, 0.2) is 0 Å². The molecule has 1 aliphatic heterocycles. The zero-order chi connectivity index (χ0) is 10.8. The fourth-order valence-electron chi connectivity index (χ4n) is 2.11. The van der Waals surface area contributed by atoms with E-state index in [1.807, 2.05) is 20.2 Å². The molecule has 2 heterocycles. The van der Waals surface area contributed by atoms with Gasteiger partial charge in [0.1, 0.15) is 0 Å². The third-order valence-electron chi connectivity index (χ3n) is 2.93. The molecule has 0 aliphatic carbocycles. The van der Waals surface area contributed by atoms with E-state index in [4.69, 9.17) is 5.26 Å². The van der Waals surface area contributed by atoms with Gasteiger partial charge in [0.2, 0.25) is 5.95 Å². The van der Waals surface area contributed by atoms with E-state index in [1.54, 1.807) is 0 Å². The van der Waals surface area contributed by atoms with Crippen LogP contribution < -0.4 is 4.90 Å². The molecule has 0 radical (unpaired) electrons. The van der Waals surface area contributed by atoms with Crippen LogP contribution in [-0.4, -0.2) is 22.6 Å². The number of imidazole rings is 1. The molecule has 0 saturated carbocycles. The van der Waals surface area contributed by atoms with Crippen LogP contribution in [0.25, 0.3) is 0 Å². The summed E-state index contributed by atoms with van der Waals surface area (Å²) in [5.74, 6) is 1.27. The Morgan fingerprint density at radius 1 is 1.47 bits per heavy atom. The van der Waals surface area contributed by atoms with Gasteiger partial charge >= 0.3 is 0 Å². The Morgan fingerprint density at radius 3 is 2.60 bits per heavy atom. The average molecular weight is 204 g/mol. The molecule has 0 bridgehead atoms. The van der Waals surface area contributed by atoms with Crippen molar-refractivity contribution < 1.29 is 0 Å². The zero-order valence-corrected chi connectivity index (χ0v) is 9.27. The second-order valence-electron chi connectivity index (χ2n) is 4.18. The lowest BCUT2D eigenvalue weighted by Crippen LogP contribution is -2.34. The fourth-order valence-corrected chi connectivity index (χ4v) is 2.11. The molecule has 80 valence electrons. The fraction of sp³-hybridized carbons (Fsp3) is 0.636. The molecule has 1 aromatic rings. The minimum Gasteiger partial charge on any atom is -0.342 e. The first-order valence-corrected chi connectivity index (χ1v) is 5.35. The Labute approximate surface area is 90.1 Å². The zero-order valence-electron chi connectivity index (χ0n) is 9.27. The van der Waals surface area contributed by atoms with Crippen LogP contribution in [0.15, 0.2) is 6.20 Å². The SMILES string of the molecule is Cc1cn(C)c(N2CCC(C#N)CC2)n1. The van der Waals surface area contributed by atoms with Gasteiger partial charge in [-0.05, 0) is 19.8 Å². The monoisotopic (exact) mass is 204 g/mol. The molecule has 1 aliphatic rings. The molecule has 4 heteroatoms. The Bertz CT molecular complexity index is 380. The molecule has 0 aromatic carbocycles. The highest BCUT2D eigenvalue weighted by Gasteiger charge is 2.21. The first kappa shape index (κ1) is 10.0. The molecule has 1 aromatic heterocycles. The summed E-state index contributed by atoms with van der Waals surface area (Å²) in [7, 11) is 2.02.